The van der Waals surface area contributed by atoms with E-state index in [0.29, 0.717) is 0 Å². The highest BCUT2D eigenvalue weighted by atomic mass is 16.5. The summed E-state index contributed by atoms with van der Waals surface area (Å²) < 4.78 is 5.98. The molecule has 3 aromatic carbocycles. The molecule has 1 amide bonds. The summed E-state index contributed by atoms with van der Waals surface area (Å²) in [6.45, 7) is 7.85. The second kappa shape index (κ2) is 8.75. The molecule has 0 bridgehead atoms. The molecule has 0 fully saturated rings. The molecule has 2 atom stereocenters. The van der Waals surface area contributed by atoms with Crippen molar-refractivity contribution < 1.29 is 9.53 Å². The molecule has 3 rings (SSSR count). The van der Waals surface area contributed by atoms with Crippen molar-refractivity contribution in [1.82, 2.24) is 5.32 Å². The van der Waals surface area contributed by atoms with Crippen molar-refractivity contribution in [2.24, 2.45) is 0 Å². The average molecular weight is 373 g/mol. The molecule has 0 aliphatic carbocycles. The van der Waals surface area contributed by atoms with Gasteiger partial charge in [0.2, 0.25) is 0 Å². The summed E-state index contributed by atoms with van der Waals surface area (Å²) in [7, 11) is 0. The van der Waals surface area contributed by atoms with Gasteiger partial charge in [0.25, 0.3) is 5.91 Å². The van der Waals surface area contributed by atoms with Gasteiger partial charge >= 0.3 is 0 Å². The molecule has 3 heteroatoms. The molecule has 0 saturated heterocycles. The number of amides is 1. The fraction of sp³-hybridized carbons (Fsp3) is 0.240. The molecule has 28 heavy (non-hydrogen) atoms. The molecule has 1 N–H and O–H groups in total. The number of hydrogen-bond donors (Lipinski definition) is 1. The lowest BCUT2D eigenvalue weighted by Gasteiger charge is -2.24. The van der Waals surface area contributed by atoms with Gasteiger partial charge in [-0.15, -0.1) is 0 Å². The Labute approximate surface area is 167 Å². The standard InChI is InChI=1S/C25H27NO2/c1-17-14-15-19(3)23(16-17)28-20(4)25(27)26-24(21-11-6-5-7-12-21)22-13-9-8-10-18(22)2/h5-16,20,24H,1-4H3,(H,26,27)/t20-,24+/m1/s1. The fourth-order valence-corrected chi connectivity index (χ4v) is 3.23. The van der Waals surface area contributed by atoms with E-state index in [9.17, 15) is 4.79 Å². The van der Waals surface area contributed by atoms with E-state index in [4.69, 9.17) is 4.74 Å². The van der Waals surface area contributed by atoms with Crippen LogP contribution in [0.1, 0.15) is 40.8 Å². The molecule has 0 spiro atoms. The van der Waals surface area contributed by atoms with Crippen molar-refractivity contribution >= 4 is 5.91 Å². The number of hydrogen-bond acceptors (Lipinski definition) is 2. The summed E-state index contributed by atoms with van der Waals surface area (Å²) in [5.74, 6) is 0.604. The predicted octanol–water partition coefficient (Wildman–Crippen LogP) is 5.28. The lowest BCUT2D eigenvalue weighted by Crippen LogP contribution is -2.39. The topological polar surface area (TPSA) is 38.3 Å². The van der Waals surface area contributed by atoms with Crippen LogP contribution >= 0.6 is 0 Å². The second-order valence-electron chi connectivity index (χ2n) is 7.24. The third-order valence-corrected chi connectivity index (χ3v) is 4.94. The zero-order valence-electron chi connectivity index (χ0n) is 16.9. The molecule has 0 saturated carbocycles. The Morgan fingerprint density at radius 2 is 1.54 bits per heavy atom. The van der Waals surface area contributed by atoms with Crippen LogP contribution < -0.4 is 10.1 Å². The Morgan fingerprint density at radius 3 is 2.25 bits per heavy atom. The van der Waals surface area contributed by atoms with E-state index in [0.717, 1.165) is 33.6 Å². The molecule has 3 aromatic rings. The second-order valence-corrected chi connectivity index (χ2v) is 7.24. The highest BCUT2D eigenvalue weighted by Crippen LogP contribution is 2.26. The molecule has 0 unspecified atom stereocenters. The molecule has 144 valence electrons. The Balaban J connectivity index is 1.83. The number of carbonyl (C=O) groups is 1. The van der Waals surface area contributed by atoms with Gasteiger partial charge in [-0.1, -0.05) is 66.7 Å². The summed E-state index contributed by atoms with van der Waals surface area (Å²) in [6, 6.07) is 24.0. The van der Waals surface area contributed by atoms with Crippen LogP contribution in [0.4, 0.5) is 0 Å². The number of nitrogens with one attached hydrogen (secondary N) is 1. The summed E-state index contributed by atoms with van der Waals surface area (Å²) in [5.41, 5.74) is 5.39. The quantitative estimate of drug-likeness (QED) is 0.638. The van der Waals surface area contributed by atoms with Gasteiger partial charge in [0.1, 0.15) is 5.75 Å². The van der Waals surface area contributed by atoms with Crippen molar-refractivity contribution in [3.63, 3.8) is 0 Å². The van der Waals surface area contributed by atoms with Gasteiger partial charge in [-0.25, -0.2) is 0 Å². The zero-order chi connectivity index (χ0) is 20.1. The first kappa shape index (κ1) is 19.7. The predicted molar refractivity (Wildman–Crippen MR) is 114 cm³/mol. The maximum Gasteiger partial charge on any atom is 0.261 e. The first-order valence-corrected chi connectivity index (χ1v) is 9.60. The lowest BCUT2D eigenvalue weighted by atomic mass is 9.95. The number of rotatable bonds is 6. The number of ether oxygens (including phenoxy) is 1. The van der Waals surface area contributed by atoms with Crippen LogP contribution in [0.25, 0.3) is 0 Å². The van der Waals surface area contributed by atoms with Crippen LogP contribution in [0.5, 0.6) is 5.75 Å². The maximum absolute atomic E-state index is 13.0. The van der Waals surface area contributed by atoms with Crippen molar-refractivity contribution in [2.45, 2.75) is 39.8 Å². The SMILES string of the molecule is Cc1ccc(C)c(O[C@H](C)C(=O)N[C@@H](c2ccccc2)c2ccccc2C)c1. The number of aryl methyl sites for hydroxylation is 3. The fourth-order valence-electron chi connectivity index (χ4n) is 3.23. The molecule has 0 aliphatic heterocycles. The number of carbonyl (C=O) groups excluding carboxylic acids is 1. The smallest absolute Gasteiger partial charge is 0.261 e. The summed E-state index contributed by atoms with van der Waals surface area (Å²) >= 11 is 0. The van der Waals surface area contributed by atoms with Gasteiger partial charge in [0.05, 0.1) is 6.04 Å². The molecule has 0 aliphatic rings. The molecular formula is C25H27NO2. The highest BCUT2D eigenvalue weighted by Gasteiger charge is 2.23. The van der Waals surface area contributed by atoms with E-state index < -0.39 is 6.10 Å². The molecule has 0 radical (unpaired) electrons. The molecular weight excluding hydrogens is 346 g/mol. The first-order chi connectivity index (χ1) is 13.5. The van der Waals surface area contributed by atoms with E-state index in [1.54, 1.807) is 6.92 Å². The Kier molecular flexibility index (Phi) is 6.15. The minimum atomic E-state index is -0.601. The van der Waals surface area contributed by atoms with Gasteiger partial charge in [-0.05, 0) is 61.6 Å². The van der Waals surface area contributed by atoms with Gasteiger partial charge < -0.3 is 10.1 Å². The van der Waals surface area contributed by atoms with Gasteiger partial charge in [0, 0.05) is 0 Å². The van der Waals surface area contributed by atoms with Crippen molar-refractivity contribution in [3.05, 3.63) is 101 Å². The van der Waals surface area contributed by atoms with E-state index in [2.05, 4.69) is 24.4 Å². The van der Waals surface area contributed by atoms with Crippen LogP contribution in [0.2, 0.25) is 0 Å². The van der Waals surface area contributed by atoms with Crippen LogP contribution in [-0.2, 0) is 4.79 Å². The van der Waals surface area contributed by atoms with E-state index in [-0.39, 0.29) is 11.9 Å². The molecule has 3 nitrogen and oxygen atoms in total. The van der Waals surface area contributed by atoms with E-state index >= 15 is 0 Å². The van der Waals surface area contributed by atoms with Crippen LogP contribution in [-0.4, -0.2) is 12.0 Å². The lowest BCUT2D eigenvalue weighted by molar-refractivity contribution is -0.127. The van der Waals surface area contributed by atoms with Crippen LogP contribution in [0, 0.1) is 20.8 Å². The third-order valence-electron chi connectivity index (χ3n) is 4.94. The van der Waals surface area contributed by atoms with Crippen LogP contribution in [0.15, 0.2) is 72.8 Å². The zero-order valence-corrected chi connectivity index (χ0v) is 16.9. The van der Waals surface area contributed by atoms with Gasteiger partial charge in [-0.2, -0.15) is 0 Å². The highest BCUT2D eigenvalue weighted by molar-refractivity contribution is 5.81. The van der Waals surface area contributed by atoms with Crippen molar-refractivity contribution in [1.29, 1.82) is 0 Å². The minimum Gasteiger partial charge on any atom is -0.481 e. The van der Waals surface area contributed by atoms with Crippen molar-refractivity contribution in [2.75, 3.05) is 0 Å². The number of benzene rings is 3. The van der Waals surface area contributed by atoms with E-state index in [1.807, 2.05) is 74.5 Å². The van der Waals surface area contributed by atoms with Gasteiger partial charge in [0.15, 0.2) is 6.10 Å². The van der Waals surface area contributed by atoms with Crippen molar-refractivity contribution in [3.8, 4) is 5.75 Å². The normalized spacial score (nSPS) is 12.9. The summed E-state index contributed by atoms with van der Waals surface area (Å²) in [5, 5.41) is 3.18. The summed E-state index contributed by atoms with van der Waals surface area (Å²) in [6.07, 6.45) is -0.601. The Morgan fingerprint density at radius 1 is 0.857 bits per heavy atom. The monoisotopic (exact) mass is 373 g/mol. The Hall–Kier alpha value is -3.07. The maximum atomic E-state index is 13.0. The minimum absolute atomic E-state index is 0.141. The summed E-state index contributed by atoms with van der Waals surface area (Å²) in [4.78, 5) is 13.0. The third kappa shape index (κ3) is 4.61. The van der Waals surface area contributed by atoms with Crippen LogP contribution in [0.3, 0.4) is 0 Å². The van der Waals surface area contributed by atoms with Gasteiger partial charge in [-0.3, -0.25) is 4.79 Å². The first-order valence-electron chi connectivity index (χ1n) is 9.60. The average Bonchev–Trinajstić information content (AvgIpc) is 2.70. The largest absolute Gasteiger partial charge is 0.481 e. The Bertz CT molecular complexity index is 950. The molecule has 0 aromatic heterocycles. The van der Waals surface area contributed by atoms with E-state index in [1.165, 1.54) is 0 Å². The molecule has 0 heterocycles.